The van der Waals surface area contributed by atoms with E-state index in [0.717, 1.165) is 51.6 Å². The Morgan fingerprint density at radius 2 is 2.32 bits per heavy atom. The third-order valence-electron chi connectivity index (χ3n) is 4.20. The van der Waals surface area contributed by atoms with Crippen molar-refractivity contribution in [3.05, 3.63) is 0 Å². The highest BCUT2D eigenvalue weighted by molar-refractivity contribution is 5.78. The van der Waals surface area contributed by atoms with Gasteiger partial charge in [-0.3, -0.25) is 4.79 Å². The van der Waals surface area contributed by atoms with Crippen LogP contribution in [0.5, 0.6) is 0 Å². The molecule has 0 radical (unpaired) electrons. The van der Waals surface area contributed by atoms with Crippen LogP contribution >= 0.6 is 0 Å². The first kappa shape index (κ1) is 14.8. The van der Waals surface area contributed by atoms with Gasteiger partial charge in [0.1, 0.15) is 0 Å². The van der Waals surface area contributed by atoms with Crippen molar-refractivity contribution in [1.82, 2.24) is 10.2 Å². The van der Waals surface area contributed by atoms with Crippen LogP contribution in [0.4, 0.5) is 0 Å². The first-order valence-corrected chi connectivity index (χ1v) is 7.57. The van der Waals surface area contributed by atoms with Gasteiger partial charge in [-0.1, -0.05) is 0 Å². The van der Waals surface area contributed by atoms with Crippen LogP contribution in [0.1, 0.15) is 25.7 Å². The van der Waals surface area contributed by atoms with E-state index in [2.05, 4.69) is 10.2 Å². The molecule has 0 spiro atoms. The Balaban J connectivity index is 1.68. The summed E-state index contributed by atoms with van der Waals surface area (Å²) in [5.74, 6) is 1.06. The SMILES string of the molecule is NCCNC(=O)C1CCCN(CCC2CCOC2)C1. The van der Waals surface area contributed by atoms with Gasteiger partial charge in [-0.15, -0.1) is 0 Å². The zero-order valence-corrected chi connectivity index (χ0v) is 11.8. The Morgan fingerprint density at radius 1 is 1.42 bits per heavy atom. The second-order valence-electron chi connectivity index (χ2n) is 5.74. The van der Waals surface area contributed by atoms with Crippen molar-refractivity contribution in [2.24, 2.45) is 17.6 Å². The number of carbonyl (C=O) groups excluding carboxylic acids is 1. The van der Waals surface area contributed by atoms with Crippen molar-refractivity contribution in [2.75, 3.05) is 45.9 Å². The fourth-order valence-corrected chi connectivity index (χ4v) is 2.99. The highest BCUT2D eigenvalue weighted by Crippen LogP contribution is 2.20. The summed E-state index contributed by atoms with van der Waals surface area (Å²) in [6.07, 6.45) is 4.55. The number of nitrogens with one attached hydrogen (secondary N) is 1. The summed E-state index contributed by atoms with van der Waals surface area (Å²) in [5.41, 5.74) is 5.41. The van der Waals surface area contributed by atoms with E-state index in [1.54, 1.807) is 0 Å². The second-order valence-corrected chi connectivity index (χ2v) is 5.74. The maximum Gasteiger partial charge on any atom is 0.224 e. The third kappa shape index (κ3) is 4.75. The fraction of sp³-hybridized carbons (Fsp3) is 0.929. The number of likely N-dealkylation sites (tertiary alicyclic amines) is 1. The van der Waals surface area contributed by atoms with Gasteiger partial charge in [0.2, 0.25) is 5.91 Å². The largest absolute Gasteiger partial charge is 0.381 e. The van der Waals surface area contributed by atoms with E-state index >= 15 is 0 Å². The van der Waals surface area contributed by atoms with Gasteiger partial charge in [0, 0.05) is 32.8 Å². The first-order chi connectivity index (χ1) is 9.29. The van der Waals surface area contributed by atoms with E-state index in [1.165, 1.54) is 12.8 Å². The fourth-order valence-electron chi connectivity index (χ4n) is 2.99. The lowest BCUT2D eigenvalue weighted by molar-refractivity contribution is -0.126. The van der Waals surface area contributed by atoms with Gasteiger partial charge in [0.25, 0.3) is 0 Å². The Bertz CT molecular complexity index is 280. The summed E-state index contributed by atoms with van der Waals surface area (Å²) in [7, 11) is 0. The normalized spacial score (nSPS) is 28.5. The van der Waals surface area contributed by atoms with Crippen molar-refractivity contribution < 1.29 is 9.53 Å². The molecular weight excluding hydrogens is 242 g/mol. The van der Waals surface area contributed by atoms with Crippen LogP contribution < -0.4 is 11.1 Å². The standard InChI is InChI=1S/C14H27N3O2/c15-5-6-16-14(18)13-2-1-7-17(10-13)8-3-12-4-9-19-11-12/h12-13H,1-11,15H2,(H,16,18). The van der Waals surface area contributed by atoms with Gasteiger partial charge in [-0.05, 0) is 44.7 Å². The summed E-state index contributed by atoms with van der Waals surface area (Å²) >= 11 is 0. The molecule has 2 atom stereocenters. The number of piperidine rings is 1. The van der Waals surface area contributed by atoms with E-state index < -0.39 is 0 Å². The molecule has 2 heterocycles. The van der Waals surface area contributed by atoms with Crippen LogP contribution in [0, 0.1) is 11.8 Å². The predicted molar refractivity (Wildman–Crippen MR) is 74.8 cm³/mol. The summed E-state index contributed by atoms with van der Waals surface area (Å²) in [4.78, 5) is 14.4. The Hall–Kier alpha value is -0.650. The molecule has 0 aromatic carbocycles. The van der Waals surface area contributed by atoms with Crippen molar-refractivity contribution >= 4 is 5.91 Å². The lowest BCUT2D eigenvalue weighted by Crippen LogP contribution is -2.44. The Labute approximate surface area is 115 Å². The molecule has 110 valence electrons. The second kappa shape index (κ2) is 7.82. The molecule has 2 rings (SSSR count). The minimum absolute atomic E-state index is 0.153. The quantitative estimate of drug-likeness (QED) is 0.723. The average molecular weight is 269 g/mol. The highest BCUT2D eigenvalue weighted by Gasteiger charge is 2.26. The van der Waals surface area contributed by atoms with E-state index in [-0.39, 0.29) is 11.8 Å². The molecular formula is C14H27N3O2. The molecule has 5 heteroatoms. The molecule has 2 aliphatic heterocycles. The number of carbonyl (C=O) groups is 1. The van der Waals surface area contributed by atoms with E-state index in [0.29, 0.717) is 13.1 Å². The zero-order chi connectivity index (χ0) is 13.5. The van der Waals surface area contributed by atoms with Crippen molar-refractivity contribution in [2.45, 2.75) is 25.7 Å². The third-order valence-corrected chi connectivity index (χ3v) is 4.20. The Morgan fingerprint density at radius 3 is 3.05 bits per heavy atom. The van der Waals surface area contributed by atoms with Crippen LogP contribution in [-0.2, 0) is 9.53 Å². The number of rotatable bonds is 6. The molecule has 2 aliphatic rings. The number of amides is 1. The topological polar surface area (TPSA) is 67.6 Å². The minimum Gasteiger partial charge on any atom is -0.381 e. The van der Waals surface area contributed by atoms with Crippen molar-refractivity contribution in [3.8, 4) is 0 Å². The number of hydrogen-bond acceptors (Lipinski definition) is 4. The molecule has 0 aromatic heterocycles. The molecule has 2 saturated heterocycles. The lowest BCUT2D eigenvalue weighted by Gasteiger charge is -2.32. The van der Waals surface area contributed by atoms with Crippen LogP contribution in [0.25, 0.3) is 0 Å². The van der Waals surface area contributed by atoms with Gasteiger partial charge in [-0.25, -0.2) is 0 Å². The molecule has 0 aromatic rings. The number of nitrogens with two attached hydrogens (primary N) is 1. The van der Waals surface area contributed by atoms with E-state index in [1.807, 2.05) is 0 Å². The number of nitrogens with zero attached hydrogens (tertiary/aromatic N) is 1. The smallest absolute Gasteiger partial charge is 0.224 e. The molecule has 5 nitrogen and oxygen atoms in total. The summed E-state index contributed by atoms with van der Waals surface area (Å²) in [6.45, 7) is 6.11. The van der Waals surface area contributed by atoms with Gasteiger partial charge in [-0.2, -0.15) is 0 Å². The van der Waals surface area contributed by atoms with E-state index in [9.17, 15) is 4.79 Å². The average Bonchev–Trinajstić information content (AvgIpc) is 2.96. The monoisotopic (exact) mass is 269 g/mol. The van der Waals surface area contributed by atoms with Gasteiger partial charge in [0.05, 0.1) is 5.92 Å². The van der Waals surface area contributed by atoms with Crippen molar-refractivity contribution in [1.29, 1.82) is 0 Å². The van der Waals surface area contributed by atoms with Gasteiger partial charge in [0.15, 0.2) is 0 Å². The number of ether oxygens (including phenoxy) is 1. The molecule has 1 amide bonds. The minimum atomic E-state index is 0.153. The number of hydrogen-bond donors (Lipinski definition) is 2. The van der Waals surface area contributed by atoms with Crippen LogP contribution in [0.15, 0.2) is 0 Å². The highest BCUT2D eigenvalue weighted by atomic mass is 16.5. The first-order valence-electron chi connectivity index (χ1n) is 7.57. The van der Waals surface area contributed by atoms with Crippen LogP contribution in [-0.4, -0.2) is 56.7 Å². The summed E-state index contributed by atoms with van der Waals surface area (Å²) in [5, 5.41) is 2.91. The molecule has 3 N–H and O–H groups in total. The molecule has 0 aliphatic carbocycles. The molecule has 19 heavy (non-hydrogen) atoms. The molecule has 2 unspecified atom stereocenters. The van der Waals surface area contributed by atoms with Crippen LogP contribution in [0.2, 0.25) is 0 Å². The van der Waals surface area contributed by atoms with E-state index in [4.69, 9.17) is 10.5 Å². The lowest BCUT2D eigenvalue weighted by atomic mass is 9.96. The van der Waals surface area contributed by atoms with Gasteiger partial charge >= 0.3 is 0 Å². The molecule has 2 fully saturated rings. The molecule has 0 bridgehead atoms. The van der Waals surface area contributed by atoms with Gasteiger partial charge < -0.3 is 20.7 Å². The molecule has 0 saturated carbocycles. The van der Waals surface area contributed by atoms with Crippen LogP contribution in [0.3, 0.4) is 0 Å². The summed E-state index contributed by atoms with van der Waals surface area (Å²) in [6, 6.07) is 0. The van der Waals surface area contributed by atoms with Crippen molar-refractivity contribution in [3.63, 3.8) is 0 Å². The maximum atomic E-state index is 11.9. The zero-order valence-electron chi connectivity index (χ0n) is 11.8. The predicted octanol–water partition coefficient (Wildman–Crippen LogP) is 0.200. The Kier molecular flexibility index (Phi) is 6.07. The maximum absolute atomic E-state index is 11.9. The summed E-state index contributed by atoms with van der Waals surface area (Å²) < 4.78 is 5.41.